The van der Waals surface area contributed by atoms with Gasteiger partial charge in [0.1, 0.15) is 29.7 Å². The van der Waals surface area contributed by atoms with E-state index in [0.29, 0.717) is 29.7 Å². The fourth-order valence-electron chi connectivity index (χ4n) is 5.46. The second-order valence-corrected chi connectivity index (χ2v) is 10.2. The number of aliphatic carboxylic acids is 1. The second-order valence-electron chi connectivity index (χ2n) is 10.2. The average molecular weight is 571 g/mol. The van der Waals surface area contributed by atoms with Crippen LogP contribution in [0.3, 0.4) is 0 Å². The summed E-state index contributed by atoms with van der Waals surface area (Å²) >= 11 is 0. The van der Waals surface area contributed by atoms with Crippen molar-refractivity contribution in [3.63, 3.8) is 0 Å². The maximum absolute atomic E-state index is 14.0. The molecule has 0 spiro atoms. The fraction of sp³-hybridized carbons (Fsp3) is 0.357. The molecule has 0 radical (unpaired) electrons. The molecule has 4 aromatic rings. The monoisotopic (exact) mass is 570 g/mol. The van der Waals surface area contributed by atoms with Crippen molar-refractivity contribution in [1.82, 2.24) is 20.6 Å². The van der Waals surface area contributed by atoms with Gasteiger partial charge >= 0.3 is 12.1 Å². The zero-order valence-electron chi connectivity index (χ0n) is 21.5. The number of aliphatic hydroxyl groups is 1. The number of alkyl halides is 3. The number of carboxylic acids is 1. The smallest absolute Gasteiger partial charge is 0.422 e. The van der Waals surface area contributed by atoms with E-state index in [1.54, 1.807) is 36.4 Å². The largest absolute Gasteiger partial charge is 0.491 e. The number of rotatable bonds is 6. The molecule has 2 aliphatic rings. The van der Waals surface area contributed by atoms with E-state index in [1.165, 1.54) is 12.1 Å². The summed E-state index contributed by atoms with van der Waals surface area (Å²) in [6.45, 7) is 0.138. The zero-order valence-corrected chi connectivity index (χ0v) is 21.5. The van der Waals surface area contributed by atoms with Gasteiger partial charge in [-0.1, -0.05) is 59.2 Å². The van der Waals surface area contributed by atoms with Gasteiger partial charge in [-0.2, -0.15) is 18.2 Å². The lowest BCUT2D eigenvalue weighted by atomic mass is 9.85. The van der Waals surface area contributed by atoms with Crippen LogP contribution in [0.2, 0.25) is 0 Å². The summed E-state index contributed by atoms with van der Waals surface area (Å²) in [5.74, 6) is -2.04. The molecular formula is C28H25F3N4O6. The van der Waals surface area contributed by atoms with E-state index in [2.05, 4.69) is 20.6 Å². The minimum atomic E-state index is -4.80. The quantitative estimate of drug-likeness (QED) is 0.286. The molecule has 1 saturated carbocycles. The molecule has 4 atom stereocenters. The number of carbonyl (C=O) groups is 1. The van der Waals surface area contributed by atoms with Crippen LogP contribution >= 0.6 is 0 Å². The standard InChI is InChI=1S/C28H25F3N4O6/c29-28(30,31)21-22(14-5-2-1-3-6-14)34-40-24(21)26-33-25(35-41-26)15-9-10-18-20(12-15)39-13-19(23(18)36)32-17-8-4-7-16(11-17)27(37)38/h1-3,5-6,9-10,12,16-17,19,23,32,36H,4,7-8,11,13H2,(H,37,38)/t16-,17?,19+,23-/m0/s1. The second kappa shape index (κ2) is 10.6. The van der Waals surface area contributed by atoms with Gasteiger partial charge < -0.3 is 29.3 Å². The number of aliphatic hydroxyl groups excluding tert-OH is 1. The number of nitrogens with one attached hydrogen (secondary N) is 1. The molecule has 2 aromatic heterocycles. The van der Waals surface area contributed by atoms with Gasteiger partial charge in [0, 0.05) is 22.7 Å². The van der Waals surface area contributed by atoms with Crippen molar-refractivity contribution in [1.29, 1.82) is 0 Å². The van der Waals surface area contributed by atoms with Crippen LogP contribution in [-0.4, -0.2) is 50.2 Å². The first-order chi connectivity index (χ1) is 19.7. The Morgan fingerprint density at radius 1 is 1.02 bits per heavy atom. The molecule has 1 unspecified atom stereocenters. The third-order valence-electron chi connectivity index (χ3n) is 7.51. The van der Waals surface area contributed by atoms with Crippen molar-refractivity contribution in [3.8, 4) is 40.0 Å². The summed E-state index contributed by atoms with van der Waals surface area (Å²) in [6.07, 6.45) is -2.99. The number of hydrogen-bond donors (Lipinski definition) is 3. The highest BCUT2D eigenvalue weighted by molar-refractivity contribution is 5.71. The number of benzene rings is 2. The van der Waals surface area contributed by atoms with Crippen LogP contribution in [0.1, 0.15) is 42.9 Å². The van der Waals surface area contributed by atoms with Gasteiger partial charge in [0.25, 0.3) is 5.89 Å². The molecule has 0 bridgehead atoms. The first-order valence-corrected chi connectivity index (χ1v) is 13.1. The van der Waals surface area contributed by atoms with Crippen molar-refractivity contribution < 1.29 is 42.0 Å². The lowest BCUT2D eigenvalue weighted by Gasteiger charge is -2.36. The van der Waals surface area contributed by atoms with E-state index in [4.69, 9.17) is 13.8 Å². The van der Waals surface area contributed by atoms with E-state index < -0.39 is 47.4 Å². The minimum Gasteiger partial charge on any atom is -0.491 e. The van der Waals surface area contributed by atoms with Gasteiger partial charge in [-0.3, -0.25) is 4.79 Å². The summed E-state index contributed by atoms with van der Waals surface area (Å²) in [5, 5.41) is 31.2. The van der Waals surface area contributed by atoms with Crippen LogP contribution in [0.15, 0.2) is 57.6 Å². The van der Waals surface area contributed by atoms with Crippen molar-refractivity contribution in [2.75, 3.05) is 6.61 Å². The van der Waals surface area contributed by atoms with Gasteiger partial charge in [0.05, 0.1) is 12.0 Å². The Balaban J connectivity index is 1.22. The average Bonchev–Trinajstić information content (AvgIpc) is 3.63. The van der Waals surface area contributed by atoms with Crippen LogP contribution < -0.4 is 10.1 Å². The van der Waals surface area contributed by atoms with Gasteiger partial charge in [-0.05, 0) is 25.3 Å². The van der Waals surface area contributed by atoms with E-state index in [9.17, 15) is 28.2 Å². The lowest BCUT2D eigenvalue weighted by Crippen LogP contribution is -2.49. The Hall–Kier alpha value is -4.23. The SMILES string of the molecule is O=C(O)[C@H]1CCCC(N[C@@H]2COc3cc(-c4noc(-c5onc(-c6ccccc6)c5C(F)(F)F)n4)ccc3[C@@H]2O)C1. The molecule has 2 aromatic carbocycles. The van der Waals surface area contributed by atoms with E-state index in [0.717, 1.165) is 12.8 Å². The Morgan fingerprint density at radius 2 is 1.83 bits per heavy atom. The molecular weight excluding hydrogens is 545 g/mol. The molecule has 1 aliphatic carbocycles. The zero-order chi connectivity index (χ0) is 28.7. The Labute approximate surface area is 231 Å². The third kappa shape index (κ3) is 5.30. The molecule has 6 rings (SSSR count). The van der Waals surface area contributed by atoms with Crippen LogP contribution in [0, 0.1) is 5.92 Å². The molecule has 0 amide bonds. The third-order valence-corrected chi connectivity index (χ3v) is 7.51. The number of aromatic nitrogens is 3. The maximum Gasteiger partial charge on any atom is 0.422 e. The normalized spacial score (nSPS) is 22.6. The highest BCUT2D eigenvalue weighted by atomic mass is 19.4. The number of halogens is 3. The van der Waals surface area contributed by atoms with Crippen molar-refractivity contribution >= 4 is 5.97 Å². The van der Waals surface area contributed by atoms with Crippen molar-refractivity contribution in [2.45, 2.75) is 50.0 Å². The molecule has 1 fully saturated rings. The topological polar surface area (TPSA) is 144 Å². The molecule has 10 nitrogen and oxygen atoms in total. The molecule has 3 heterocycles. The molecule has 0 saturated heterocycles. The molecule has 214 valence electrons. The summed E-state index contributed by atoms with van der Waals surface area (Å²) in [6, 6.07) is 12.1. The van der Waals surface area contributed by atoms with E-state index in [1.807, 2.05) is 0 Å². The predicted molar refractivity (Wildman–Crippen MR) is 136 cm³/mol. The first-order valence-electron chi connectivity index (χ1n) is 13.1. The van der Waals surface area contributed by atoms with Crippen LogP contribution in [-0.2, 0) is 11.0 Å². The molecule has 1 aliphatic heterocycles. The molecule has 13 heteroatoms. The predicted octanol–water partition coefficient (Wildman–Crippen LogP) is 5.10. The summed E-state index contributed by atoms with van der Waals surface area (Å²) in [7, 11) is 0. The Kier molecular flexibility index (Phi) is 6.99. The highest BCUT2D eigenvalue weighted by Crippen LogP contribution is 2.43. The minimum absolute atomic E-state index is 0.00570. The van der Waals surface area contributed by atoms with Crippen LogP contribution in [0.25, 0.3) is 34.3 Å². The van der Waals surface area contributed by atoms with Crippen molar-refractivity contribution in [3.05, 3.63) is 59.7 Å². The number of fused-ring (bicyclic) bond motifs is 1. The number of ether oxygens (including phenoxy) is 1. The van der Waals surface area contributed by atoms with Crippen LogP contribution in [0.4, 0.5) is 13.2 Å². The van der Waals surface area contributed by atoms with Gasteiger partial charge in [0.15, 0.2) is 0 Å². The molecule has 3 N–H and O–H groups in total. The van der Waals surface area contributed by atoms with E-state index in [-0.39, 0.29) is 29.7 Å². The number of carboxylic acid groups (broad SMARTS) is 1. The van der Waals surface area contributed by atoms with E-state index >= 15 is 0 Å². The summed E-state index contributed by atoms with van der Waals surface area (Å²) in [5.41, 5.74) is -0.391. The van der Waals surface area contributed by atoms with Crippen molar-refractivity contribution in [2.24, 2.45) is 5.92 Å². The van der Waals surface area contributed by atoms with Crippen LogP contribution in [0.5, 0.6) is 5.75 Å². The van der Waals surface area contributed by atoms with Gasteiger partial charge in [-0.15, -0.1) is 0 Å². The summed E-state index contributed by atoms with van der Waals surface area (Å²) < 4.78 is 58.2. The van der Waals surface area contributed by atoms with Gasteiger partial charge in [0.2, 0.25) is 11.6 Å². The maximum atomic E-state index is 14.0. The summed E-state index contributed by atoms with van der Waals surface area (Å²) in [4.78, 5) is 15.5. The molecule has 41 heavy (non-hydrogen) atoms. The highest BCUT2D eigenvalue weighted by Gasteiger charge is 2.43. The Bertz CT molecular complexity index is 1550. The number of hydrogen-bond acceptors (Lipinski definition) is 9. The Morgan fingerprint density at radius 3 is 2.59 bits per heavy atom. The van der Waals surface area contributed by atoms with Gasteiger partial charge in [-0.25, -0.2) is 0 Å². The number of nitrogens with zero attached hydrogens (tertiary/aromatic N) is 3. The fourth-order valence-corrected chi connectivity index (χ4v) is 5.46. The lowest BCUT2D eigenvalue weighted by molar-refractivity contribution is -0.143. The first kappa shape index (κ1) is 27.0.